The number of carbonyl (C=O) groups excluding carboxylic acids is 1. The van der Waals surface area contributed by atoms with Gasteiger partial charge < -0.3 is 19.8 Å². The molecule has 2 heterocycles. The number of carboxylic acid groups (broad SMARTS) is 1. The van der Waals surface area contributed by atoms with Crippen LogP contribution in [0.4, 0.5) is 4.79 Å². The van der Waals surface area contributed by atoms with E-state index in [-0.39, 0.29) is 12.6 Å². The Morgan fingerprint density at radius 1 is 1.10 bits per heavy atom. The van der Waals surface area contributed by atoms with Crippen LogP contribution < -0.4 is 0 Å². The molecular weight excluding hydrogens is 272 g/mol. The van der Waals surface area contributed by atoms with Crippen LogP contribution >= 0.6 is 0 Å². The van der Waals surface area contributed by atoms with Crippen LogP contribution in [-0.2, 0) is 4.79 Å². The standard InChI is InChI=1S/C14H26N4O3/c1-11-8-18(9-12(11)15(2)3)14(21)17-6-4-16(5-7-17)10-13(19)20/h11-12H,4-10H2,1-3H3,(H,19,20). The zero-order valence-corrected chi connectivity index (χ0v) is 13.2. The zero-order chi connectivity index (χ0) is 15.6. The van der Waals surface area contributed by atoms with Gasteiger partial charge in [-0.25, -0.2) is 4.79 Å². The smallest absolute Gasteiger partial charge is 0.320 e. The lowest BCUT2D eigenvalue weighted by atomic mass is 10.1. The second kappa shape index (κ2) is 6.62. The van der Waals surface area contributed by atoms with E-state index in [0.29, 0.717) is 38.1 Å². The molecule has 2 aliphatic heterocycles. The number of piperazine rings is 1. The molecule has 0 aliphatic carbocycles. The molecule has 7 heteroatoms. The lowest BCUT2D eigenvalue weighted by Gasteiger charge is -2.36. The van der Waals surface area contributed by atoms with Gasteiger partial charge in [0.2, 0.25) is 0 Å². The number of likely N-dealkylation sites (tertiary alicyclic amines) is 1. The molecule has 2 amide bonds. The number of nitrogens with zero attached hydrogens (tertiary/aromatic N) is 4. The molecule has 0 aromatic carbocycles. The molecule has 1 N–H and O–H groups in total. The number of likely N-dealkylation sites (N-methyl/N-ethyl adjacent to an activating group) is 1. The van der Waals surface area contributed by atoms with Gasteiger partial charge in [-0.15, -0.1) is 0 Å². The summed E-state index contributed by atoms with van der Waals surface area (Å²) in [5, 5.41) is 8.79. The fourth-order valence-electron chi connectivity index (χ4n) is 3.27. The fraction of sp³-hybridized carbons (Fsp3) is 0.857. The normalized spacial score (nSPS) is 27.4. The van der Waals surface area contributed by atoms with E-state index in [2.05, 4.69) is 25.9 Å². The van der Waals surface area contributed by atoms with Crippen molar-refractivity contribution in [3.05, 3.63) is 0 Å². The molecular formula is C14H26N4O3. The van der Waals surface area contributed by atoms with E-state index in [1.807, 2.05) is 14.7 Å². The number of aliphatic carboxylic acids is 1. The van der Waals surface area contributed by atoms with Crippen LogP contribution in [0.15, 0.2) is 0 Å². The third-order valence-corrected chi connectivity index (χ3v) is 4.51. The monoisotopic (exact) mass is 298 g/mol. The van der Waals surface area contributed by atoms with Gasteiger partial charge in [0.25, 0.3) is 0 Å². The Hall–Kier alpha value is -1.34. The first-order chi connectivity index (χ1) is 9.88. The number of rotatable bonds is 3. The van der Waals surface area contributed by atoms with Crippen LogP contribution in [0.25, 0.3) is 0 Å². The zero-order valence-electron chi connectivity index (χ0n) is 13.2. The maximum Gasteiger partial charge on any atom is 0.320 e. The third kappa shape index (κ3) is 3.85. The number of hydrogen-bond acceptors (Lipinski definition) is 4. The van der Waals surface area contributed by atoms with E-state index >= 15 is 0 Å². The van der Waals surface area contributed by atoms with E-state index < -0.39 is 5.97 Å². The Morgan fingerprint density at radius 3 is 2.19 bits per heavy atom. The maximum absolute atomic E-state index is 12.5. The van der Waals surface area contributed by atoms with Gasteiger partial charge in [-0.2, -0.15) is 0 Å². The molecule has 0 aromatic rings. The van der Waals surface area contributed by atoms with Crippen molar-refractivity contribution in [1.82, 2.24) is 19.6 Å². The van der Waals surface area contributed by atoms with Crippen molar-refractivity contribution in [1.29, 1.82) is 0 Å². The lowest BCUT2D eigenvalue weighted by molar-refractivity contribution is -0.138. The average molecular weight is 298 g/mol. The highest BCUT2D eigenvalue weighted by Crippen LogP contribution is 2.21. The Bertz CT molecular complexity index is 394. The topological polar surface area (TPSA) is 67.3 Å². The van der Waals surface area contributed by atoms with Gasteiger partial charge in [-0.1, -0.05) is 6.92 Å². The van der Waals surface area contributed by atoms with Crippen LogP contribution in [-0.4, -0.2) is 103 Å². The molecule has 0 bridgehead atoms. The molecule has 2 aliphatic rings. The minimum absolute atomic E-state index is 0.0610. The van der Waals surface area contributed by atoms with Gasteiger partial charge in [0.15, 0.2) is 0 Å². The average Bonchev–Trinajstić information content (AvgIpc) is 2.80. The van der Waals surface area contributed by atoms with Crippen LogP contribution in [0, 0.1) is 5.92 Å². The predicted octanol–water partition coefficient (Wildman–Crippen LogP) is -0.309. The summed E-state index contributed by atoms with van der Waals surface area (Å²) in [7, 11) is 4.11. The Balaban J connectivity index is 1.84. The van der Waals surface area contributed by atoms with Crippen LogP contribution in [0.5, 0.6) is 0 Å². The van der Waals surface area contributed by atoms with Gasteiger partial charge in [0.05, 0.1) is 6.54 Å². The van der Waals surface area contributed by atoms with Crippen molar-refractivity contribution in [2.75, 3.05) is 59.9 Å². The van der Waals surface area contributed by atoms with Gasteiger partial charge in [0.1, 0.15) is 0 Å². The third-order valence-electron chi connectivity index (χ3n) is 4.51. The van der Waals surface area contributed by atoms with Crippen molar-refractivity contribution in [3.63, 3.8) is 0 Å². The minimum Gasteiger partial charge on any atom is -0.480 e. The van der Waals surface area contributed by atoms with E-state index in [0.717, 1.165) is 13.1 Å². The van der Waals surface area contributed by atoms with Crippen LogP contribution in [0.3, 0.4) is 0 Å². The van der Waals surface area contributed by atoms with Crippen molar-refractivity contribution >= 4 is 12.0 Å². The molecule has 0 aromatic heterocycles. The largest absolute Gasteiger partial charge is 0.480 e. The lowest BCUT2D eigenvalue weighted by Crippen LogP contribution is -2.53. The SMILES string of the molecule is CC1CN(C(=O)N2CCN(CC(=O)O)CC2)CC1N(C)C. The molecule has 7 nitrogen and oxygen atoms in total. The molecule has 21 heavy (non-hydrogen) atoms. The quantitative estimate of drug-likeness (QED) is 0.774. The number of amides is 2. The molecule has 0 radical (unpaired) electrons. The summed E-state index contributed by atoms with van der Waals surface area (Å²) in [6, 6.07) is 0.517. The molecule has 120 valence electrons. The van der Waals surface area contributed by atoms with E-state index in [4.69, 9.17) is 5.11 Å². The summed E-state index contributed by atoms with van der Waals surface area (Å²) in [5.74, 6) is -0.325. The van der Waals surface area contributed by atoms with E-state index in [1.165, 1.54) is 0 Å². The number of carboxylic acids is 1. The number of urea groups is 1. The van der Waals surface area contributed by atoms with Gasteiger partial charge in [-0.3, -0.25) is 9.69 Å². The predicted molar refractivity (Wildman–Crippen MR) is 79.3 cm³/mol. The summed E-state index contributed by atoms with van der Waals surface area (Å²) in [4.78, 5) is 31.1. The first-order valence-corrected chi connectivity index (χ1v) is 7.53. The minimum atomic E-state index is -0.808. The molecule has 2 saturated heterocycles. The van der Waals surface area contributed by atoms with Gasteiger partial charge in [-0.05, 0) is 20.0 Å². The number of carbonyl (C=O) groups is 2. The summed E-state index contributed by atoms with van der Waals surface area (Å²) in [6.45, 7) is 6.33. The van der Waals surface area contributed by atoms with Crippen LogP contribution in [0.1, 0.15) is 6.92 Å². The molecule has 2 unspecified atom stereocenters. The van der Waals surface area contributed by atoms with E-state index in [9.17, 15) is 9.59 Å². The van der Waals surface area contributed by atoms with Crippen molar-refractivity contribution < 1.29 is 14.7 Å². The second-order valence-electron chi connectivity index (χ2n) is 6.35. The van der Waals surface area contributed by atoms with Gasteiger partial charge in [0, 0.05) is 45.3 Å². The van der Waals surface area contributed by atoms with Gasteiger partial charge >= 0.3 is 12.0 Å². The molecule has 2 rings (SSSR count). The highest BCUT2D eigenvalue weighted by atomic mass is 16.4. The first-order valence-electron chi connectivity index (χ1n) is 7.53. The fourth-order valence-corrected chi connectivity index (χ4v) is 3.27. The summed E-state index contributed by atoms with van der Waals surface area (Å²) in [5.41, 5.74) is 0. The second-order valence-corrected chi connectivity index (χ2v) is 6.35. The molecule has 0 spiro atoms. The summed E-state index contributed by atoms with van der Waals surface area (Å²) < 4.78 is 0. The van der Waals surface area contributed by atoms with E-state index in [1.54, 1.807) is 0 Å². The Labute approximate surface area is 126 Å². The van der Waals surface area contributed by atoms with Crippen molar-refractivity contribution in [3.8, 4) is 0 Å². The highest BCUT2D eigenvalue weighted by molar-refractivity contribution is 5.75. The summed E-state index contributed by atoms with van der Waals surface area (Å²) >= 11 is 0. The first kappa shape index (κ1) is 16.0. The Kier molecular flexibility index (Phi) is 5.05. The Morgan fingerprint density at radius 2 is 1.71 bits per heavy atom. The molecule has 2 fully saturated rings. The molecule has 2 atom stereocenters. The molecule has 0 saturated carbocycles. The van der Waals surface area contributed by atoms with Crippen LogP contribution in [0.2, 0.25) is 0 Å². The van der Waals surface area contributed by atoms with Crippen molar-refractivity contribution in [2.45, 2.75) is 13.0 Å². The maximum atomic E-state index is 12.5. The van der Waals surface area contributed by atoms with Crippen molar-refractivity contribution in [2.24, 2.45) is 5.92 Å². The highest BCUT2D eigenvalue weighted by Gasteiger charge is 2.36. The summed E-state index contributed by atoms with van der Waals surface area (Å²) in [6.07, 6.45) is 0. The number of hydrogen-bond donors (Lipinski definition) is 1.